The molecule has 5 heteroatoms. The summed E-state index contributed by atoms with van der Waals surface area (Å²) in [4.78, 5) is 20.5. The Balaban J connectivity index is 2.16. The third-order valence-electron chi connectivity index (χ3n) is 1.83. The fraction of sp³-hybridized carbons (Fsp3) is 0.222. The summed E-state index contributed by atoms with van der Waals surface area (Å²) in [7, 11) is 0. The van der Waals surface area contributed by atoms with Gasteiger partial charge < -0.3 is 0 Å². The highest BCUT2D eigenvalue weighted by Gasteiger charge is 2.57. The normalized spacial score (nSPS) is 20.1. The first kappa shape index (κ1) is 9.93. The van der Waals surface area contributed by atoms with Crippen LogP contribution in [-0.4, -0.2) is 16.4 Å². The molecule has 0 saturated carbocycles. The van der Waals surface area contributed by atoms with Crippen LogP contribution in [0.15, 0.2) is 30.3 Å². The van der Waals surface area contributed by atoms with E-state index in [0.29, 0.717) is 5.56 Å². The van der Waals surface area contributed by atoms with E-state index >= 15 is 0 Å². The molecule has 0 spiro atoms. The van der Waals surface area contributed by atoms with Gasteiger partial charge in [0.1, 0.15) is 0 Å². The first-order valence-electron chi connectivity index (χ1n) is 3.92. The second kappa shape index (κ2) is 3.51. The van der Waals surface area contributed by atoms with Crippen molar-refractivity contribution in [1.29, 1.82) is 0 Å². The second-order valence-corrected chi connectivity index (χ2v) is 3.81. The number of Topliss-reactive ketones (excluding diaryl/α,β-unsaturated/α-hetero) is 1. The minimum absolute atomic E-state index is 0.320. The second-order valence-electron chi connectivity index (χ2n) is 2.84. The lowest BCUT2D eigenvalue weighted by atomic mass is 10.1. The average Bonchev–Trinajstić information content (AvgIpc) is 2.97. The molecule has 0 aromatic heterocycles. The smallest absolute Gasteiger partial charge is 0.292 e. The molecule has 1 heterocycles. The predicted octanol–water partition coefficient (Wildman–Crippen LogP) is 2.33. The number of ketones is 1. The van der Waals surface area contributed by atoms with E-state index in [1.807, 2.05) is 0 Å². The fourth-order valence-electron chi connectivity index (χ4n) is 1.03. The lowest BCUT2D eigenvalue weighted by Gasteiger charge is -2.06. The largest absolute Gasteiger partial charge is 0.330 e. The number of benzene rings is 1. The van der Waals surface area contributed by atoms with Gasteiger partial charge in [0.25, 0.3) is 0 Å². The molecule has 1 aromatic rings. The monoisotopic (exact) mass is 232 g/mol. The van der Waals surface area contributed by atoms with E-state index in [1.165, 1.54) is 0 Å². The van der Waals surface area contributed by atoms with Crippen molar-refractivity contribution < 1.29 is 14.6 Å². The first-order chi connectivity index (χ1) is 6.63. The number of hydrogen-bond donors (Lipinski definition) is 0. The van der Waals surface area contributed by atoms with Gasteiger partial charge in [-0.2, -0.15) is 9.78 Å². The van der Waals surface area contributed by atoms with Crippen LogP contribution in [0.25, 0.3) is 0 Å². The van der Waals surface area contributed by atoms with Crippen molar-refractivity contribution in [3.8, 4) is 0 Å². The zero-order chi connectivity index (χ0) is 10.2. The van der Waals surface area contributed by atoms with E-state index in [4.69, 9.17) is 23.2 Å². The summed E-state index contributed by atoms with van der Waals surface area (Å²) in [6, 6.07) is 8.60. The van der Waals surface area contributed by atoms with Gasteiger partial charge >= 0.3 is 5.25 Å². The third kappa shape index (κ3) is 1.77. The number of carbonyl (C=O) groups excluding carboxylic acids is 1. The summed E-state index contributed by atoms with van der Waals surface area (Å²) in [6.45, 7) is 0. The molecule has 1 saturated heterocycles. The Morgan fingerprint density at radius 1 is 1.29 bits per heavy atom. The first-order valence-corrected chi connectivity index (χ1v) is 4.74. The van der Waals surface area contributed by atoms with Crippen LogP contribution in [0, 0.1) is 0 Å². The maximum atomic E-state index is 11.7. The standard InChI is InChI=1S/C9H6Cl2O3/c10-8(9(11)13-14-9)7(12)6-4-2-1-3-5-6/h1-5,8H. The Labute approximate surface area is 90.4 Å². The average molecular weight is 233 g/mol. The molecule has 14 heavy (non-hydrogen) atoms. The van der Waals surface area contributed by atoms with Crippen LogP contribution in [0.4, 0.5) is 0 Å². The molecule has 0 radical (unpaired) electrons. The number of rotatable bonds is 3. The summed E-state index contributed by atoms with van der Waals surface area (Å²) in [6.07, 6.45) is 0. The van der Waals surface area contributed by atoms with Gasteiger partial charge in [0.15, 0.2) is 11.2 Å². The van der Waals surface area contributed by atoms with Gasteiger partial charge in [0.2, 0.25) is 0 Å². The summed E-state index contributed by atoms with van der Waals surface area (Å²) in [5.74, 6) is -0.320. The minimum atomic E-state index is -1.48. The molecular formula is C9H6Cl2O3. The molecule has 0 N–H and O–H groups in total. The van der Waals surface area contributed by atoms with E-state index in [-0.39, 0.29) is 5.78 Å². The van der Waals surface area contributed by atoms with Gasteiger partial charge in [0, 0.05) is 5.56 Å². The zero-order valence-electron chi connectivity index (χ0n) is 6.94. The lowest BCUT2D eigenvalue weighted by molar-refractivity contribution is 0.0850. The van der Waals surface area contributed by atoms with Crippen LogP contribution in [0.3, 0.4) is 0 Å². The van der Waals surface area contributed by atoms with Crippen LogP contribution < -0.4 is 0 Å². The highest BCUT2D eigenvalue weighted by molar-refractivity contribution is 6.40. The van der Waals surface area contributed by atoms with E-state index in [0.717, 1.165) is 0 Å². The zero-order valence-corrected chi connectivity index (χ0v) is 8.46. The molecule has 3 nitrogen and oxygen atoms in total. The Hall–Kier alpha value is -0.610. The van der Waals surface area contributed by atoms with Crippen molar-refractivity contribution in [2.75, 3.05) is 0 Å². The van der Waals surface area contributed by atoms with Crippen LogP contribution in [-0.2, 0) is 9.78 Å². The summed E-state index contributed by atoms with van der Waals surface area (Å²) >= 11 is 11.4. The number of carbonyl (C=O) groups is 1. The molecular weight excluding hydrogens is 227 g/mol. The lowest BCUT2D eigenvalue weighted by Crippen LogP contribution is -2.27. The number of halogens is 2. The topological polar surface area (TPSA) is 42.1 Å². The molecule has 1 unspecified atom stereocenters. The number of alkyl halides is 2. The maximum absolute atomic E-state index is 11.7. The van der Waals surface area contributed by atoms with Crippen molar-refractivity contribution in [2.24, 2.45) is 0 Å². The van der Waals surface area contributed by atoms with Crippen LogP contribution in [0.5, 0.6) is 0 Å². The highest BCUT2D eigenvalue weighted by atomic mass is 35.5. The van der Waals surface area contributed by atoms with Crippen molar-refractivity contribution in [1.82, 2.24) is 0 Å². The SMILES string of the molecule is O=C(c1ccccc1)C(Cl)C1(Cl)OO1. The Morgan fingerprint density at radius 2 is 1.86 bits per heavy atom. The van der Waals surface area contributed by atoms with Gasteiger partial charge in [-0.15, -0.1) is 11.6 Å². The van der Waals surface area contributed by atoms with E-state index < -0.39 is 10.6 Å². The van der Waals surface area contributed by atoms with E-state index in [2.05, 4.69) is 9.78 Å². The quantitative estimate of drug-likeness (QED) is 0.348. The molecule has 74 valence electrons. The van der Waals surface area contributed by atoms with Gasteiger partial charge in [-0.25, -0.2) is 0 Å². The van der Waals surface area contributed by atoms with E-state index in [9.17, 15) is 4.79 Å². The molecule has 1 aliphatic rings. The molecule has 2 rings (SSSR count). The van der Waals surface area contributed by atoms with Crippen LogP contribution in [0.2, 0.25) is 0 Å². The highest BCUT2D eigenvalue weighted by Crippen LogP contribution is 2.41. The Kier molecular flexibility index (Phi) is 2.49. The van der Waals surface area contributed by atoms with Crippen LogP contribution in [0.1, 0.15) is 10.4 Å². The molecule has 1 aliphatic heterocycles. The maximum Gasteiger partial charge on any atom is 0.330 e. The molecule has 1 fully saturated rings. The van der Waals surface area contributed by atoms with Crippen molar-refractivity contribution >= 4 is 29.0 Å². The Bertz CT molecular complexity index is 348. The fourth-order valence-corrected chi connectivity index (χ4v) is 1.36. The van der Waals surface area contributed by atoms with Gasteiger partial charge in [-0.05, 0) is 11.6 Å². The molecule has 1 atom stereocenters. The third-order valence-corrected chi connectivity index (χ3v) is 2.78. The van der Waals surface area contributed by atoms with Crippen molar-refractivity contribution in [3.63, 3.8) is 0 Å². The van der Waals surface area contributed by atoms with E-state index in [1.54, 1.807) is 30.3 Å². The Morgan fingerprint density at radius 3 is 2.36 bits per heavy atom. The summed E-state index contributed by atoms with van der Waals surface area (Å²) in [5, 5.41) is -2.51. The van der Waals surface area contributed by atoms with Crippen LogP contribution >= 0.6 is 23.2 Å². The summed E-state index contributed by atoms with van der Waals surface area (Å²) < 4.78 is 0. The minimum Gasteiger partial charge on any atom is -0.292 e. The number of hydrogen-bond acceptors (Lipinski definition) is 3. The predicted molar refractivity (Wildman–Crippen MR) is 51.2 cm³/mol. The molecule has 1 aromatic carbocycles. The molecule has 0 aliphatic carbocycles. The van der Waals surface area contributed by atoms with Gasteiger partial charge in [-0.1, -0.05) is 30.3 Å². The molecule has 0 amide bonds. The van der Waals surface area contributed by atoms with Crippen molar-refractivity contribution in [2.45, 2.75) is 10.6 Å². The molecule has 0 bridgehead atoms. The van der Waals surface area contributed by atoms with Crippen molar-refractivity contribution in [3.05, 3.63) is 35.9 Å². The summed E-state index contributed by atoms with van der Waals surface area (Å²) in [5.41, 5.74) is 0.478. The van der Waals surface area contributed by atoms with Gasteiger partial charge in [-0.3, -0.25) is 4.79 Å². The van der Waals surface area contributed by atoms with Gasteiger partial charge in [0.05, 0.1) is 0 Å².